The summed E-state index contributed by atoms with van der Waals surface area (Å²) in [6, 6.07) is 0. The fraction of sp³-hybridized carbons (Fsp3) is 1.00. The van der Waals surface area contributed by atoms with Crippen molar-refractivity contribution in [2.75, 3.05) is 0 Å². The van der Waals surface area contributed by atoms with E-state index in [9.17, 15) is 8.42 Å². The molecule has 0 bridgehead atoms. The summed E-state index contributed by atoms with van der Waals surface area (Å²) in [6.07, 6.45) is -0.947. The fourth-order valence-corrected chi connectivity index (χ4v) is 0.795. The normalized spacial score (nSPS) is 18.4. The van der Waals surface area contributed by atoms with Crippen LogP contribution in [0.15, 0.2) is 0 Å². The third-order valence-electron chi connectivity index (χ3n) is 0.923. The van der Waals surface area contributed by atoms with E-state index >= 15 is 0 Å². The van der Waals surface area contributed by atoms with Gasteiger partial charge in [-0.25, -0.2) is 0 Å². The van der Waals surface area contributed by atoms with Gasteiger partial charge in [-0.05, 0) is 13.8 Å². The van der Waals surface area contributed by atoms with Gasteiger partial charge >= 0.3 is 0 Å². The van der Waals surface area contributed by atoms with Crippen molar-refractivity contribution >= 4 is 10.1 Å². The largest absolute Gasteiger partial charge is 0.379 e. The highest BCUT2D eigenvalue weighted by Crippen LogP contribution is 1.92. The van der Waals surface area contributed by atoms with Gasteiger partial charge in [0.2, 0.25) is 0 Å². The molecule has 0 aliphatic carbocycles. The quantitative estimate of drug-likeness (QED) is 0.378. The Morgan fingerprint density at radius 1 is 1.40 bits per heavy atom. The molecule has 0 aliphatic heterocycles. The Hall–Kier alpha value is -0.170. The highest BCUT2D eigenvalue weighted by atomic mass is 32.2. The van der Waals surface area contributed by atoms with Crippen LogP contribution in [-0.2, 0) is 10.1 Å². The molecule has 62 valence electrons. The van der Waals surface area contributed by atoms with E-state index in [0.29, 0.717) is 0 Å². The molecule has 0 aliphatic rings. The van der Waals surface area contributed by atoms with Crippen LogP contribution >= 0.6 is 0 Å². The Bertz CT molecular complexity index is 185. The summed E-state index contributed by atoms with van der Waals surface area (Å²) in [7, 11) is -4.07. The van der Waals surface area contributed by atoms with E-state index in [1.54, 1.807) is 0 Å². The molecule has 0 spiro atoms. The van der Waals surface area contributed by atoms with E-state index in [0.717, 1.165) is 0 Å². The first-order valence-electron chi connectivity index (χ1n) is 2.74. The van der Waals surface area contributed by atoms with Crippen LogP contribution in [0.25, 0.3) is 0 Å². The second-order valence-corrected chi connectivity index (χ2v) is 3.74. The van der Waals surface area contributed by atoms with Gasteiger partial charge in [-0.15, -0.1) is 0 Å². The van der Waals surface area contributed by atoms with Gasteiger partial charge in [0.25, 0.3) is 10.1 Å². The summed E-state index contributed by atoms with van der Waals surface area (Å²) in [5, 5.41) is 9.67. The Balaban J connectivity index is 3.99. The third-order valence-corrected chi connectivity index (χ3v) is 1.95. The van der Waals surface area contributed by atoms with Gasteiger partial charge in [0.05, 0.1) is 0 Å². The number of hydrogen-bond acceptors (Lipinski definition) is 4. The van der Waals surface area contributed by atoms with Gasteiger partial charge in [0, 0.05) is 0 Å². The molecule has 0 saturated heterocycles. The summed E-state index contributed by atoms with van der Waals surface area (Å²) in [5.41, 5.74) is 0. The lowest BCUT2D eigenvalue weighted by Crippen LogP contribution is -2.39. The molecule has 0 aromatic rings. The molecular weight excluding hydrogens is 158 g/mol. The molecule has 2 unspecified atom stereocenters. The monoisotopic (exact) mass is 169 g/mol. The minimum atomic E-state index is -4.07. The van der Waals surface area contributed by atoms with Gasteiger partial charge < -0.3 is 5.11 Å². The summed E-state index contributed by atoms with van der Waals surface area (Å²) >= 11 is 0. The summed E-state index contributed by atoms with van der Waals surface area (Å²) in [4.78, 5) is 0. The molecule has 6 heteroatoms. The van der Waals surface area contributed by atoms with Crippen LogP contribution in [-0.4, -0.2) is 29.7 Å². The van der Waals surface area contributed by atoms with Crippen LogP contribution in [0.3, 0.4) is 0 Å². The van der Waals surface area contributed by atoms with Crippen molar-refractivity contribution in [3.8, 4) is 0 Å². The van der Waals surface area contributed by atoms with Crippen LogP contribution < -0.4 is 5.32 Å². The smallest absolute Gasteiger partial charge is 0.280 e. The van der Waals surface area contributed by atoms with Crippen LogP contribution in [0, 0.1) is 0 Å². The summed E-state index contributed by atoms with van der Waals surface area (Å²) in [6.45, 7) is 2.60. The van der Waals surface area contributed by atoms with Crippen molar-refractivity contribution < 1.29 is 18.1 Å². The van der Waals surface area contributed by atoms with Gasteiger partial charge in [-0.1, -0.05) is 0 Å². The van der Waals surface area contributed by atoms with Crippen molar-refractivity contribution in [2.24, 2.45) is 0 Å². The zero-order valence-corrected chi connectivity index (χ0v) is 6.59. The SMILES string of the molecule is CC(O)NC(C)S(=O)(=O)O. The van der Waals surface area contributed by atoms with E-state index in [2.05, 4.69) is 5.32 Å². The van der Waals surface area contributed by atoms with Crippen LogP contribution in [0.4, 0.5) is 0 Å². The van der Waals surface area contributed by atoms with Crippen molar-refractivity contribution in [2.45, 2.75) is 25.4 Å². The van der Waals surface area contributed by atoms with Gasteiger partial charge in [-0.3, -0.25) is 9.87 Å². The average molecular weight is 169 g/mol. The number of nitrogens with one attached hydrogen (secondary N) is 1. The molecule has 2 atom stereocenters. The summed E-state index contributed by atoms with van der Waals surface area (Å²) < 4.78 is 28.8. The first-order valence-corrected chi connectivity index (χ1v) is 4.25. The molecular formula is C4H11NO4S. The molecule has 0 amide bonds. The van der Waals surface area contributed by atoms with Crippen molar-refractivity contribution in [3.05, 3.63) is 0 Å². The zero-order valence-electron chi connectivity index (χ0n) is 5.77. The highest BCUT2D eigenvalue weighted by molar-refractivity contribution is 7.86. The molecule has 0 fully saturated rings. The number of aliphatic hydroxyl groups is 1. The fourth-order valence-electron chi connectivity index (χ4n) is 0.426. The van der Waals surface area contributed by atoms with E-state index in [1.165, 1.54) is 13.8 Å². The standard InChI is InChI=1S/C4H11NO4S/c1-3(6)5-4(2)10(7,8)9/h3-6H,1-2H3,(H,7,8,9). The zero-order chi connectivity index (χ0) is 8.36. The van der Waals surface area contributed by atoms with Crippen molar-refractivity contribution in [1.29, 1.82) is 0 Å². The van der Waals surface area contributed by atoms with E-state index in [1.807, 2.05) is 0 Å². The second kappa shape index (κ2) is 3.29. The average Bonchev–Trinajstić information content (AvgIpc) is 1.60. The Morgan fingerprint density at radius 2 is 1.80 bits per heavy atom. The lowest BCUT2D eigenvalue weighted by molar-refractivity contribution is 0.152. The topological polar surface area (TPSA) is 86.6 Å². The maximum atomic E-state index is 10.2. The maximum Gasteiger partial charge on any atom is 0.280 e. The molecule has 0 saturated carbocycles. The minimum absolute atomic E-state index is 0.947. The highest BCUT2D eigenvalue weighted by Gasteiger charge is 2.17. The van der Waals surface area contributed by atoms with Crippen molar-refractivity contribution in [1.82, 2.24) is 5.32 Å². The molecule has 0 heterocycles. The molecule has 5 nitrogen and oxygen atoms in total. The minimum Gasteiger partial charge on any atom is -0.379 e. The lowest BCUT2D eigenvalue weighted by atomic mass is 10.6. The third kappa shape index (κ3) is 3.78. The van der Waals surface area contributed by atoms with Crippen LogP contribution in [0.5, 0.6) is 0 Å². The predicted octanol–water partition coefficient (Wildman–Crippen LogP) is -0.852. The number of hydrogen-bond donors (Lipinski definition) is 3. The Morgan fingerprint density at radius 3 is 1.90 bits per heavy atom. The maximum absolute atomic E-state index is 10.2. The molecule has 0 aromatic heterocycles. The van der Waals surface area contributed by atoms with E-state index < -0.39 is 21.7 Å². The van der Waals surface area contributed by atoms with E-state index in [4.69, 9.17) is 9.66 Å². The number of aliphatic hydroxyl groups excluding tert-OH is 1. The van der Waals surface area contributed by atoms with Gasteiger partial charge in [0.1, 0.15) is 11.6 Å². The van der Waals surface area contributed by atoms with Gasteiger partial charge in [-0.2, -0.15) is 8.42 Å². The molecule has 10 heavy (non-hydrogen) atoms. The second-order valence-electron chi connectivity index (χ2n) is 2.00. The predicted molar refractivity (Wildman–Crippen MR) is 35.8 cm³/mol. The lowest BCUT2D eigenvalue weighted by Gasteiger charge is -2.11. The first kappa shape index (κ1) is 9.83. The molecule has 0 rings (SSSR count). The molecule has 0 radical (unpaired) electrons. The van der Waals surface area contributed by atoms with Crippen LogP contribution in [0.2, 0.25) is 0 Å². The van der Waals surface area contributed by atoms with E-state index in [-0.39, 0.29) is 0 Å². The summed E-state index contributed by atoms with van der Waals surface area (Å²) in [5.74, 6) is 0. The van der Waals surface area contributed by atoms with Crippen LogP contribution in [0.1, 0.15) is 13.8 Å². The number of rotatable bonds is 3. The first-order chi connectivity index (χ1) is 4.34. The van der Waals surface area contributed by atoms with Crippen molar-refractivity contribution in [3.63, 3.8) is 0 Å². The molecule has 0 aromatic carbocycles. The molecule has 3 N–H and O–H groups in total. The Labute approximate surface area is 59.8 Å². The Kier molecular flexibility index (Phi) is 3.23. The van der Waals surface area contributed by atoms with Gasteiger partial charge in [0.15, 0.2) is 0 Å².